The molecule has 1 aliphatic heterocycles. The van der Waals surface area contributed by atoms with Gasteiger partial charge in [0, 0.05) is 31.2 Å². The van der Waals surface area contributed by atoms with Crippen molar-refractivity contribution in [2.45, 2.75) is 26.2 Å². The van der Waals surface area contributed by atoms with Crippen LogP contribution >= 0.6 is 0 Å². The maximum atomic E-state index is 4.78. The van der Waals surface area contributed by atoms with Gasteiger partial charge in [0.15, 0.2) is 0 Å². The van der Waals surface area contributed by atoms with Gasteiger partial charge in [-0.25, -0.2) is 0 Å². The van der Waals surface area contributed by atoms with Crippen LogP contribution in [0.1, 0.15) is 26.2 Å². The number of nitrogens with one attached hydrogen (secondary N) is 1. The largest absolute Gasteiger partial charge is 0.358 e. The number of hydrogen-bond donors (Lipinski definition) is 1. The van der Waals surface area contributed by atoms with Gasteiger partial charge in [0.25, 0.3) is 0 Å². The molecule has 0 amide bonds. The molecule has 2 aliphatic carbocycles. The number of fused-ring (bicyclic) bond motifs is 1. The summed E-state index contributed by atoms with van der Waals surface area (Å²) in [5.41, 5.74) is 4.20. The lowest BCUT2D eigenvalue weighted by Gasteiger charge is -2.05. The minimum absolute atomic E-state index is 0.370. The van der Waals surface area contributed by atoms with E-state index in [9.17, 15) is 0 Å². The van der Waals surface area contributed by atoms with Crippen molar-refractivity contribution in [3.63, 3.8) is 0 Å². The molecule has 1 saturated carbocycles. The average molecular weight is 356 g/mol. The van der Waals surface area contributed by atoms with Crippen molar-refractivity contribution in [3.05, 3.63) is 84.1 Å². The molecule has 0 bridgehead atoms. The first kappa shape index (κ1) is 17.4. The zero-order chi connectivity index (χ0) is 18.5. The van der Waals surface area contributed by atoms with Crippen LogP contribution in [0.4, 0.5) is 5.69 Å². The predicted octanol–water partition coefficient (Wildman–Crippen LogP) is 5.23. The Morgan fingerprint density at radius 3 is 3.22 bits per heavy atom. The van der Waals surface area contributed by atoms with Crippen LogP contribution in [0.25, 0.3) is 0 Å². The van der Waals surface area contributed by atoms with Gasteiger partial charge in [0.1, 0.15) is 5.70 Å². The average Bonchev–Trinajstić information content (AvgIpc) is 3.40. The molecule has 2 atom stereocenters. The van der Waals surface area contributed by atoms with Crippen molar-refractivity contribution in [2.24, 2.45) is 21.3 Å². The molecule has 0 radical (unpaired) electrons. The van der Waals surface area contributed by atoms with E-state index in [0.717, 1.165) is 29.9 Å². The molecular formula is C23H24N4. The fraction of sp³-hybridized carbons (Fsp3) is 0.261. The number of nitrogens with zero attached hydrogens (tertiary/aromatic N) is 3. The van der Waals surface area contributed by atoms with E-state index >= 15 is 0 Å². The predicted molar refractivity (Wildman–Crippen MR) is 113 cm³/mol. The van der Waals surface area contributed by atoms with E-state index in [-0.39, 0.29) is 0 Å². The van der Waals surface area contributed by atoms with Gasteiger partial charge >= 0.3 is 0 Å². The van der Waals surface area contributed by atoms with Gasteiger partial charge in [0.05, 0.1) is 17.6 Å². The highest BCUT2D eigenvalue weighted by molar-refractivity contribution is 5.81. The summed E-state index contributed by atoms with van der Waals surface area (Å²) in [6.07, 6.45) is 25.5. The fourth-order valence-electron chi connectivity index (χ4n) is 3.32. The molecular weight excluding hydrogens is 332 g/mol. The van der Waals surface area contributed by atoms with Crippen molar-refractivity contribution in [1.82, 2.24) is 4.98 Å². The molecule has 136 valence electrons. The quantitative estimate of drug-likeness (QED) is 0.580. The molecule has 1 fully saturated rings. The van der Waals surface area contributed by atoms with Crippen molar-refractivity contribution in [2.75, 3.05) is 5.32 Å². The smallest absolute Gasteiger partial charge is 0.105 e. The normalized spacial score (nSPS) is 26.9. The van der Waals surface area contributed by atoms with E-state index in [4.69, 9.17) is 4.99 Å². The second kappa shape index (κ2) is 7.70. The van der Waals surface area contributed by atoms with Crippen molar-refractivity contribution >= 4 is 18.1 Å². The van der Waals surface area contributed by atoms with E-state index in [1.165, 1.54) is 12.0 Å². The monoisotopic (exact) mass is 356 g/mol. The van der Waals surface area contributed by atoms with E-state index in [0.29, 0.717) is 11.3 Å². The van der Waals surface area contributed by atoms with Crippen LogP contribution in [0.3, 0.4) is 0 Å². The Morgan fingerprint density at radius 1 is 1.37 bits per heavy atom. The van der Waals surface area contributed by atoms with Gasteiger partial charge in [0.2, 0.25) is 0 Å². The molecule has 0 spiro atoms. The Hall–Kier alpha value is -3.01. The number of aliphatic imine (C=N–C) groups is 2. The van der Waals surface area contributed by atoms with Gasteiger partial charge in [-0.15, -0.1) is 0 Å². The fourth-order valence-corrected chi connectivity index (χ4v) is 3.32. The highest BCUT2D eigenvalue weighted by Crippen LogP contribution is 2.55. The van der Waals surface area contributed by atoms with Crippen LogP contribution < -0.4 is 5.32 Å². The van der Waals surface area contributed by atoms with Crippen LogP contribution in [0.15, 0.2) is 94.1 Å². The van der Waals surface area contributed by atoms with Crippen molar-refractivity contribution in [1.29, 1.82) is 0 Å². The van der Waals surface area contributed by atoms with Crippen LogP contribution in [0, 0.1) is 11.3 Å². The van der Waals surface area contributed by atoms with E-state index in [2.05, 4.69) is 46.5 Å². The molecule has 4 heteroatoms. The van der Waals surface area contributed by atoms with Crippen LogP contribution in [0.2, 0.25) is 0 Å². The standard InChI is InChI=1S/C23H24N4/c1-23-10-5-7-18(13-19(23)14-23)15-27-22(21-9-3-2-4-12-25-21)17-26-20-8-6-11-24-16-20/h2-3,5-6,8-13,15-17,19,26H,4,7,14H2,1H3/b22-17-,27-15?. The number of hydrogen-bond acceptors (Lipinski definition) is 4. The summed E-state index contributed by atoms with van der Waals surface area (Å²) in [6, 6.07) is 3.88. The van der Waals surface area contributed by atoms with Crippen LogP contribution in [-0.4, -0.2) is 17.4 Å². The molecule has 2 unspecified atom stereocenters. The summed E-state index contributed by atoms with van der Waals surface area (Å²) < 4.78 is 0. The van der Waals surface area contributed by atoms with Crippen molar-refractivity contribution in [3.8, 4) is 0 Å². The van der Waals surface area contributed by atoms with E-state index in [1.807, 2.05) is 42.9 Å². The van der Waals surface area contributed by atoms with Crippen LogP contribution in [0.5, 0.6) is 0 Å². The minimum Gasteiger partial charge on any atom is -0.358 e. The minimum atomic E-state index is 0.370. The molecule has 2 heterocycles. The number of allylic oxidation sites excluding steroid dienone is 7. The summed E-state index contributed by atoms with van der Waals surface area (Å²) in [6.45, 7) is 2.32. The second-order valence-corrected chi connectivity index (χ2v) is 7.37. The number of rotatable bonds is 5. The highest BCUT2D eigenvalue weighted by atomic mass is 14.9. The Labute approximate surface area is 160 Å². The molecule has 27 heavy (non-hydrogen) atoms. The zero-order valence-electron chi connectivity index (χ0n) is 15.5. The third-order valence-electron chi connectivity index (χ3n) is 5.15. The summed E-state index contributed by atoms with van der Waals surface area (Å²) >= 11 is 0. The van der Waals surface area contributed by atoms with Gasteiger partial charge in [-0.1, -0.05) is 37.3 Å². The molecule has 1 aromatic heterocycles. The second-order valence-electron chi connectivity index (χ2n) is 7.37. The molecule has 3 aliphatic rings. The lowest BCUT2D eigenvalue weighted by Crippen LogP contribution is -1.95. The maximum absolute atomic E-state index is 4.78. The third kappa shape index (κ3) is 4.40. The Bertz CT molecular complexity index is 900. The van der Waals surface area contributed by atoms with Gasteiger partial charge in [-0.05, 0) is 48.0 Å². The lowest BCUT2D eigenvalue weighted by atomic mass is 10.1. The first-order valence-corrected chi connectivity index (χ1v) is 9.42. The SMILES string of the molecule is CC12C=CCC(C=N/C(=C\Nc3cccnc3)C3=CC=CCC=N3)=CC1C2. The Balaban J connectivity index is 1.58. The summed E-state index contributed by atoms with van der Waals surface area (Å²) in [4.78, 5) is 13.5. The van der Waals surface area contributed by atoms with E-state index < -0.39 is 0 Å². The lowest BCUT2D eigenvalue weighted by molar-refractivity contribution is 0.698. The van der Waals surface area contributed by atoms with E-state index in [1.54, 1.807) is 12.4 Å². The molecule has 0 saturated heterocycles. The first-order chi connectivity index (χ1) is 13.2. The molecule has 4 rings (SSSR count). The maximum Gasteiger partial charge on any atom is 0.105 e. The summed E-state index contributed by atoms with van der Waals surface area (Å²) in [5.74, 6) is 0.650. The topological polar surface area (TPSA) is 49.6 Å². The van der Waals surface area contributed by atoms with Crippen LogP contribution in [-0.2, 0) is 0 Å². The summed E-state index contributed by atoms with van der Waals surface area (Å²) in [5, 5.41) is 3.28. The zero-order valence-corrected chi connectivity index (χ0v) is 15.5. The molecule has 1 N–H and O–H groups in total. The molecule has 4 nitrogen and oxygen atoms in total. The number of anilines is 1. The van der Waals surface area contributed by atoms with Gasteiger partial charge in [-0.3, -0.25) is 15.0 Å². The van der Waals surface area contributed by atoms with Crippen molar-refractivity contribution < 1.29 is 0 Å². The highest BCUT2D eigenvalue weighted by Gasteiger charge is 2.46. The Kier molecular flexibility index (Phi) is 4.97. The molecule has 0 aromatic carbocycles. The third-order valence-corrected chi connectivity index (χ3v) is 5.15. The summed E-state index contributed by atoms with van der Waals surface area (Å²) in [7, 11) is 0. The number of pyridine rings is 1. The van der Waals surface area contributed by atoms with Gasteiger partial charge < -0.3 is 5.32 Å². The Morgan fingerprint density at radius 2 is 2.33 bits per heavy atom. The molecule has 1 aromatic rings. The first-order valence-electron chi connectivity index (χ1n) is 9.42. The van der Waals surface area contributed by atoms with Gasteiger partial charge in [-0.2, -0.15) is 0 Å². The number of aromatic nitrogens is 1.